The Labute approximate surface area is 106 Å². The molecule has 0 amide bonds. The Hall–Kier alpha value is -2.11. The van der Waals surface area contributed by atoms with Gasteiger partial charge in [-0.2, -0.15) is 5.10 Å². The van der Waals surface area contributed by atoms with Crippen LogP contribution in [0.3, 0.4) is 0 Å². The van der Waals surface area contributed by atoms with E-state index in [-0.39, 0.29) is 0 Å². The topological polar surface area (TPSA) is 67.7 Å². The smallest absolute Gasteiger partial charge is 0.131 e. The lowest BCUT2D eigenvalue weighted by molar-refractivity contribution is 0.637. The van der Waals surface area contributed by atoms with Crippen molar-refractivity contribution >= 4 is 11.6 Å². The van der Waals surface area contributed by atoms with Crippen molar-refractivity contribution in [2.75, 3.05) is 23.7 Å². The van der Waals surface area contributed by atoms with E-state index in [0.29, 0.717) is 0 Å². The molecule has 0 aliphatic heterocycles. The van der Waals surface area contributed by atoms with Crippen LogP contribution in [0.2, 0.25) is 0 Å². The van der Waals surface area contributed by atoms with Gasteiger partial charge in [-0.1, -0.05) is 0 Å². The van der Waals surface area contributed by atoms with E-state index in [4.69, 9.17) is 0 Å². The first-order valence-corrected chi connectivity index (χ1v) is 6.09. The Morgan fingerprint density at radius 3 is 2.67 bits per heavy atom. The van der Waals surface area contributed by atoms with E-state index in [9.17, 15) is 0 Å². The molecule has 2 N–H and O–H groups in total. The van der Waals surface area contributed by atoms with E-state index in [2.05, 4.69) is 25.7 Å². The van der Waals surface area contributed by atoms with Crippen molar-refractivity contribution in [1.82, 2.24) is 19.7 Å². The molecule has 96 valence electrons. The molecule has 0 radical (unpaired) electrons. The highest BCUT2D eigenvalue weighted by molar-refractivity contribution is 5.47. The number of nitrogens with zero attached hydrogens (tertiary/aromatic N) is 4. The number of nitrogens with one attached hydrogen (secondary N) is 2. The summed E-state index contributed by atoms with van der Waals surface area (Å²) in [4.78, 5) is 8.64. The Balaban J connectivity index is 1.92. The van der Waals surface area contributed by atoms with Crippen LogP contribution in [0, 0.1) is 6.92 Å². The van der Waals surface area contributed by atoms with Gasteiger partial charge in [0.1, 0.15) is 17.5 Å². The quantitative estimate of drug-likeness (QED) is 0.809. The Morgan fingerprint density at radius 2 is 2.00 bits per heavy atom. The molecular formula is C12H18N6. The lowest BCUT2D eigenvalue weighted by Gasteiger charge is -2.09. The summed E-state index contributed by atoms with van der Waals surface area (Å²) in [6.07, 6.45) is 3.72. The van der Waals surface area contributed by atoms with E-state index >= 15 is 0 Å². The summed E-state index contributed by atoms with van der Waals surface area (Å²) in [5.41, 5.74) is 0. The molecule has 6 nitrogen and oxygen atoms in total. The van der Waals surface area contributed by atoms with Crippen molar-refractivity contribution < 1.29 is 0 Å². The minimum atomic E-state index is 0.759. The van der Waals surface area contributed by atoms with E-state index in [0.717, 1.165) is 37.1 Å². The monoisotopic (exact) mass is 246 g/mol. The molecule has 0 unspecified atom stereocenters. The molecule has 18 heavy (non-hydrogen) atoms. The van der Waals surface area contributed by atoms with E-state index in [1.807, 2.05) is 36.9 Å². The van der Waals surface area contributed by atoms with Gasteiger partial charge >= 0.3 is 0 Å². The van der Waals surface area contributed by atoms with Gasteiger partial charge in [0.05, 0.1) is 6.54 Å². The lowest BCUT2D eigenvalue weighted by atomic mass is 10.4. The molecule has 0 bridgehead atoms. The minimum absolute atomic E-state index is 0.759. The van der Waals surface area contributed by atoms with Crippen LogP contribution in [0.15, 0.2) is 24.5 Å². The van der Waals surface area contributed by atoms with Crippen LogP contribution in [0.5, 0.6) is 0 Å². The second-order valence-electron chi connectivity index (χ2n) is 3.91. The Morgan fingerprint density at radius 1 is 1.22 bits per heavy atom. The van der Waals surface area contributed by atoms with Crippen LogP contribution >= 0.6 is 0 Å². The molecular weight excluding hydrogens is 228 g/mol. The molecule has 0 saturated carbocycles. The van der Waals surface area contributed by atoms with Crippen LogP contribution in [-0.2, 0) is 6.54 Å². The van der Waals surface area contributed by atoms with Gasteiger partial charge in [-0.05, 0) is 19.9 Å². The van der Waals surface area contributed by atoms with Crippen molar-refractivity contribution in [3.63, 3.8) is 0 Å². The van der Waals surface area contributed by atoms with Crippen molar-refractivity contribution in [3.8, 4) is 0 Å². The van der Waals surface area contributed by atoms with Crippen molar-refractivity contribution in [1.29, 1.82) is 0 Å². The maximum absolute atomic E-state index is 4.34. The number of hydrogen-bond acceptors (Lipinski definition) is 5. The fraction of sp³-hybridized carbons (Fsp3) is 0.417. The van der Waals surface area contributed by atoms with Crippen LogP contribution in [0.4, 0.5) is 11.6 Å². The fourth-order valence-corrected chi connectivity index (χ4v) is 1.66. The van der Waals surface area contributed by atoms with Crippen LogP contribution in [0.25, 0.3) is 0 Å². The zero-order valence-corrected chi connectivity index (χ0v) is 10.7. The summed E-state index contributed by atoms with van der Waals surface area (Å²) in [6, 6.07) is 3.83. The van der Waals surface area contributed by atoms with Crippen molar-refractivity contribution in [3.05, 3.63) is 30.4 Å². The van der Waals surface area contributed by atoms with E-state index < -0.39 is 0 Å². The highest BCUT2D eigenvalue weighted by Crippen LogP contribution is 2.10. The molecule has 0 atom stereocenters. The van der Waals surface area contributed by atoms with Gasteiger partial charge in [-0.3, -0.25) is 4.68 Å². The molecule has 2 rings (SSSR count). The van der Waals surface area contributed by atoms with Gasteiger partial charge in [0.25, 0.3) is 0 Å². The first kappa shape index (κ1) is 12.3. The second-order valence-corrected chi connectivity index (χ2v) is 3.91. The zero-order chi connectivity index (χ0) is 12.8. The highest BCUT2D eigenvalue weighted by Gasteiger charge is 2.00. The van der Waals surface area contributed by atoms with Crippen molar-refractivity contribution in [2.45, 2.75) is 20.4 Å². The van der Waals surface area contributed by atoms with Crippen LogP contribution in [0.1, 0.15) is 12.7 Å². The normalized spacial score (nSPS) is 10.3. The molecule has 0 aliphatic carbocycles. The number of aryl methyl sites for hydroxylation is 1. The number of hydrogen-bond donors (Lipinski definition) is 2. The van der Waals surface area contributed by atoms with Gasteiger partial charge in [0.2, 0.25) is 0 Å². The molecule has 0 fully saturated rings. The van der Waals surface area contributed by atoms with Crippen molar-refractivity contribution in [2.24, 2.45) is 0 Å². The average Bonchev–Trinajstić information content (AvgIpc) is 2.82. The summed E-state index contributed by atoms with van der Waals surface area (Å²) >= 11 is 0. The number of rotatable bonds is 6. The van der Waals surface area contributed by atoms with E-state index in [1.54, 1.807) is 6.20 Å². The fourth-order valence-electron chi connectivity index (χ4n) is 1.66. The van der Waals surface area contributed by atoms with Gasteiger partial charge in [-0.25, -0.2) is 9.97 Å². The van der Waals surface area contributed by atoms with Crippen LogP contribution in [-0.4, -0.2) is 32.8 Å². The molecule has 2 aromatic rings. The predicted octanol–water partition coefficient (Wildman–Crippen LogP) is 1.53. The minimum Gasteiger partial charge on any atom is -0.370 e. The maximum Gasteiger partial charge on any atom is 0.131 e. The zero-order valence-electron chi connectivity index (χ0n) is 10.7. The van der Waals surface area contributed by atoms with E-state index in [1.165, 1.54) is 0 Å². The predicted molar refractivity (Wildman–Crippen MR) is 71.6 cm³/mol. The van der Waals surface area contributed by atoms with Gasteiger partial charge < -0.3 is 10.6 Å². The van der Waals surface area contributed by atoms with Gasteiger partial charge in [0.15, 0.2) is 0 Å². The summed E-state index contributed by atoms with van der Waals surface area (Å²) < 4.78 is 1.88. The molecule has 0 saturated heterocycles. The third-order valence-electron chi connectivity index (χ3n) is 2.40. The van der Waals surface area contributed by atoms with Gasteiger partial charge in [0, 0.05) is 31.5 Å². The van der Waals surface area contributed by atoms with Gasteiger partial charge in [-0.15, -0.1) is 0 Å². The Bertz CT molecular complexity index is 479. The standard InChI is InChI=1S/C12H18N6/c1-3-13-11-9-12(17-10(2)16-11)14-6-8-18-7-4-5-15-18/h4-5,7,9H,3,6,8H2,1-2H3,(H2,13,14,16,17). The number of anilines is 2. The first-order valence-electron chi connectivity index (χ1n) is 6.09. The Kier molecular flexibility index (Phi) is 4.11. The van der Waals surface area contributed by atoms with Crippen LogP contribution < -0.4 is 10.6 Å². The third-order valence-corrected chi connectivity index (χ3v) is 2.40. The summed E-state index contributed by atoms with van der Waals surface area (Å²) in [5.74, 6) is 2.45. The summed E-state index contributed by atoms with van der Waals surface area (Å²) in [5, 5.41) is 10.6. The lowest BCUT2D eigenvalue weighted by Crippen LogP contribution is -2.12. The summed E-state index contributed by atoms with van der Waals surface area (Å²) in [7, 11) is 0. The average molecular weight is 246 g/mol. The molecule has 2 heterocycles. The molecule has 0 aliphatic rings. The molecule has 2 aromatic heterocycles. The largest absolute Gasteiger partial charge is 0.370 e. The molecule has 6 heteroatoms. The highest BCUT2D eigenvalue weighted by atomic mass is 15.3. The SMILES string of the molecule is CCNc1cc(NCCn2cccn2)nc(C)n1. The number of aromatic nitrogens is 4. The first-order chi connectivity index (χ1) is 8.78. The third kappa shape index (κ3) is 3.44. The maximum atomic E-state index is 4.34. The second kappa shape index (κ2) is 6.00. The summed E-state index contributed by atoms with van der Waals surface area (Å²) in [6.45, 7) is 6.38. The molecule has 0 aromatic carbocycles. The molecule has 0 spiro atoms.